The second kappa shape index (κ2) is 16.1. The van der Waals surface area contributed by atoms with Gasteiger partial charge in [0.05, 0.1) is 0 Å². The molecule has 3 fully saturated rings. The van der Waals surface area contributed by atoms with Crippen molar-refractivity contribution in [3.63, 3.8) is 0 Å². The third kappa shape index (κ3) is 7.28. The monoisotopic (exact) mass is 842 g/mol. The van der Waals surface area contributed by atoms with Gasteiger partial charge in [-0.25, -0.2) is 0 Å². The van der Waals surface area contributed by atoms with Crippen LogP contribution in [0, 0.1) is 11.8 Å². The molecule has 4 aliphatic carbocycles. The standard InChI is InChI=1S/2C22H20F3.C3H6.2ClH.Ti/c2*23-22(24,25)19-11-9-16(10-12-19)20-8-4-7-17-13-18(14-21(17)20)15-5-2-1-3-6-15;1-3-2;;;/h2*4,7-15H,1-3,5-6H2;1-3H2;2*1H;/q;;;;;+2/p-2. The van der Waals surface area contributed by atoms with Crippen LogP contribution < -0.4 is 24.8 Å². The minimum atomic E-state index is -4.38. The summed E-state index contributed by atoms with van der Waals surface area (Å²) in [6.07, 6.45) is 9.66. The Bertz CT molecular complexity index is 1950. The van der Waals surface area contributed by atoms with E-state index in [1.165, 1.54) is 127 Å². The third-order valence-electron chi connectivity index (χ3n) is 13.8. The van der Waals surface area contributed by atoms with Crippen molar-refractivity contribution >= 4 is 12.2 Å². The largest absolute Gasteiger partial charge is 1.00 e. The van der Waals surface area contributed by atoms with Crippen molar-refractivity contribution in [2.24, 2.45) is 11.8 Å². The minimum Gasteiger partial charge on any atom is -1.00 e. The second-order valence-electron chi connectivity index (χ2n) is 16.7. The Balaban J connectivity index is 0.00000240. The van der Waals surface area contributed by atoms with Gasteiger partial charge in [0.1, 0.15) is 0 Å². The minimum absolute atomic E-state index is 0. The Hall–Kier alpha value is -2.77. The van der Waals surface area contributed by atoms with Crippen LogP contribution in [0.4, 0.5) is 26.3 Å². The van der Waals surface area contributed by atoms with E-state index in [9.17, 15) is 26.3 Å². The molecule has 9 rings (SSSR count). The van der Waals surface area contributed by atoms with E-state index in [4.69, 9.17) is 0 Å². The maximum Gasteiger partial charge on any atom is -1.00 e. The van der Waals surface area contributed by atoms with Gasteiger partial charge in [0.2, 0.25) is 0 Å². The summed E-state index contributed by atoms with van der Waals surface area (Å²) < 4.78 is 84.8. The summed E-state index contributed by atoms with van der Waals surface area (Å²) >= 11 is -2.98. The number of benzene rings is 4. The van der Waals surface area contributed by atoms with Crippen molar-refractivity contribution in [1.29, 1.82) is 0 Å². The fourth-order valence-corrected chi connectivity index (χ4v) is 21.2. The van der Waals surface area contributed by atoms with Gasteiger partial charge in [0, 0.05) is 0 Å². The molecule has 0 nitrogen and oxygen atoms in total. The van der Waals surface area contributed by atoms with Crippen LogP contribution in [-0.4, -0.2) is 0 Å². The van der Waals surface area contributed by atoms with Crippen LogP contribution in [0.3, 0.4) is 0 Å². The van der Waals surface area contributed by atoms with E-state index in [1.54, 1.807) is 35.4 Å². The first-order chi connectivity index (χ1) is 26.0. The molecule has 294 valence electrons. The summed E-state index contributed by atoms with van der Waals surface area (Å²) in [5.74, 6) is 1.03. The predicted molar refractivity (Wildman–Crippen MR) is 203 cm³/mol. The average Bonchev–Trinajstić information content (AvgIpc) is 3.75. The number of hydrogen-bond donors (Lipinski definition) is 0. The van der Waals surface area contributed by atoms with Crippen molar-refractivity contribution in [2.45, 2.75) is 101 Å². The van der Waals surface area contributed by atoms with Gasteiger partial charge in [0.25, 0.3) is 0 Å². The van der Waals surface area contributed by atoms with Crippen LogP contribution in [0.2, 0.25) is 9.45 Å². The molecule has 2 saturated carbocycles. The van der Waals surface area contributed by atoms with Crippen LogP contribution in [0.15, 0.2) is 96.1 Å². The van der Waals surface area contributed by atoms with Gasteiger partial charge in [-0.2, -0.15) is 0 Å². The molecule has 1 saturated heterocycles. The fourth-order valence-electron chi connectivity index (χ4n) is 11.2. The SMILES string of the molecule is FC(F)(F)c1ccc(-c2cccc3c2C=C(C2CCCCC2)[CH]3[Ti+2]2([CH]3C(C4CCCCC4)=Cc4c(-c5ccc(C(F)(F)F)cc5)cccc43)[CH2]C[CH2]2)cc1.[Cl-].[Cl-]. The smallest absolute Gasteiger partial charge is 1.00 e. The summed E-state index contributed by atoms with van der Waals surface area (Å²) in [6, 6.07) is 24.5. The van der Waals surface area contributed by atoms with Crippen molar-refractivity contribution < 1.29 is 67.7 Å². The van der Waals surface area contributed by atoms with Gasteiger partial charge in [-0.3, -0.25) is 0 Å². The molecular weight excluding hydrogens is 797 g/mol. The molecule has 4 aromatic rings. The van der Waals surface area contributed by atoms with E-state index in [0.717, 1.165) is 22.3 Å². The molecule has 5 aliphatic rings. The maximum atomic E-state index is 13.6. The third-order valence-corrected chi connectivity index (χ3v) is 23.4. The summed E-state index contributed by atoms with van der Waals surface area (Å²) in [5, 5.41) is 0. The molecule has 4 aromatic carbocycles. The van der Waals surface area contributed by atoms with Gasteiger partial charge in [-0.05, 0) is 0 Å². The van der Waals surface area contributed by atoms with E-state index < -0.39 is 40.1 Å². The van der Waals surface area contributed by atoms with E-state index in [1.807, 2.05) is 0 Å². The average molecular weight is 844 g/mol. The molecule has 0 aromatic heterocycles. The number of rotatable bonds is 6. The topological polar surface area (TPSA) is 0 Å². The van der Waals surface area contributed by atoms with Crippen molar-refractivity contribution in [1.82, 2.24) is 0 Å². The molecule has 2 atom stereocenters. The van der Waals surface area contributed by atoms with Crippen molar-refractivity contribution in [3.05, 3.63) is 129 Å². The molecule has 56 heavy (non-hydrogen) atoms. The fraction of sp³-hybridized carbons (Fsp3) is 0.404. The zero-order valence-corrected chi connectivity index (χ0v) is 34.3. The molecular formula is C47H46Cl2F6Ti. The zero-order valence-electron chi connectivity index (χ0n) is 31.3. The van der Waals surface area contributed by atoms with E-state index in [0.29, 0.717) is 20.3 Å². The Morgan fingerprint density at radius 1 is 0.446 bits per heavy atom. The molecule has 1 aliphatic heterocycles. The summed E-state index contributed by atoms with van der Waals surface area (Å²) in [6.45, 7) is 0. The molecule has 0 N–H and O–H groups in total. The first-order valence-corrected chi connectivity index (χ1v) is 24.1. The number of halogens is 8. The van der Waals surface area contributed by atoms with E-state index >= 15 is 0 Å². The van der Waals surface area contributed by atoms with Crippen LogP contribution in [0.25, 0.3) is 34.4 Å². The van der Waals surface area contributed by atoms with Gasteiger partial charge in [-0.15, -0.1) is 0 Å². The molecule has 0 amide bonds. The number of fused-ring (bicyclic) bond motifs is 2. The summed E-state index contributed by atoms with van der Waals surface area (Å²) in [4.78, 5) is 0. The number of alkyl halides is 6. The van der Waals surface area contributed by atoms with Crippen molar-refractivity contribution in [2.75, 3.05) is 0 Å². The van der Waals surface area contributed by atoms with Crippen LogP contribution in [-0.2, 0) is 28.9 Å². The van der Waals surface area contributed by atoms with Crippen molar-refractivity contribution in [3.8, 4) is 22.3 Å². The Kier molecular flexibility index (Phi) is 11.9. The van der Waals surface area contributed by atoms with E-state index in [-0.39, 0.29) is 24.8 Å². The van der Waals surface area contributed by atoms with Crippen LogP contribution in [0.1, 0.15) is 112 Å². The number of allylic oxidation sites excluding steroid dienone is 2. The summed E-state index contributed by atoms with van der Waals surface area (Å²) in [5.41, 5.74) is 10.8. The van der Waals surface area contributed by atoms with E-state index in [2.05, 4.69) is 48.6 Å². The number of hydrogen-bond acceptors (Lipinski definition) is 0. The van der Waals surface area contributed by atoms with Gasteiger partial charge in [-0.1, -0.05) is 0 Å². The van der Waals surface area contributed by atoms with Gasteiger partial charge in [0.15, 0.2) is 0 Å². The molecule has 1 heterocycles. The second-order valence-corrected chi connectivity index (χ2v) is 23.9. The maximum absolute atomic E-state index is 13.6. The normalized spacial score (nSPS) is 21.6. The molecule has 0 bridgehead atoms. The Morgan fingerprint density at radius 2 is 0.821 bits per heavy atom. The predicted octanol–water partition coefficient (Wildman–Crippen LogP) is 9.20. The van der Waals surface area contributed by atoms with Crippen LogP contribution in [0.5, 0.6) is 0 Å². The first kappa shape index (κ1) is 41.4. The Labute approximate surface area is 342 Å². The zero-order chi connectivity index (χ0) is 37.2. The molecule has 9 heteroatoms. The van der Waals surface area contributed by atoms with Gasteiger partial charge < -0.3 is 24.8 Å². The Morgan fingerprint density at radius 3 is 1.14 bits per heavy atom. The first-order valence-electron chi connectivity index (χ1n) is 20.1. The summed E-state index contributed by atoms with van der Waals surface area (Å²) in [7, 11) is 0. The molecule has 0 radical (unpaired) electrons. The molecule has 0 spiro atoms. The van der Waals surface area contributed by atoms with Gasteiger partial charge >= 0.3 is 320 Å². The van der Waals surface area contributed by atoms with Crippen LogP contribution >= 0.6 is 0 Å². The molecule has 2 unspecified atom stereocenters. The quantitative estimate of drug-likeness (QED) is 0.134.